The lowest BCUT2D eigenvalue weighted by molar-refractivity contribution is -0.130. The molecule has 2 aliphatic heterocycles. The van der Waals surface area contributed by atoms with Gasteiger partial charge in [0.2, 0.25) is 15.9 Å². The number of amides is 1. The van der Waals surface area contributed by atoms with Crippen molar-refractivity contribution < 1.29 is 13.2 Å². The van der Waals surface area contributed by atoms with Crippen LogP contribution in [0, 0.1) is 0 Å². The van der Waals surface area contributed by atoms with E-state index in [2.05, 4.69) is 0 Å². The molecule has 0 atom stereocenters. The maximum Gasteiger partial charge on any atom is 0.243 e. The second-order valence-corrected chi connectivity index (χ2v) is 7.58. The molecule has 0 bridgehead atoms. The van der Waals surface area contributed by atoms with Crippen molar-refractivity contribution in [3.05, 3.63) is 30.3 Å². The zero-order chi connectivity index (χ0) is 14.9. The molecule has 2 aliphatic rings. The molecule has 1 aromatic rings. The summed E-state index contributed by atoms with van der Waals surface area (Å²) >= 11 is 0. The van der Waals surface area contributed by atoms with E-state index in [1.807, 2.05) is 11.0 Å². The highest BCUT2D eigenvalue weighted by molar-refractivity contribution is 7.89. The van der Waals surface area contributed by atoms with Crippen LogP contribution < -0.4 is 0 Å². The molecule has 2 heterocycles. The van der Waals surface area contributed by atoms with E-state index in [-0.39, 0.29) is 11.9 Å². The van der Waals surface area contributed by atoms with Crippen molar-refractivity contribution in [2.24, 2.45) is 0 Å². The van der Waals surface area contributed by atoms with Crippen LogP contribution in [-0.4, -0.2) is 49.2 Å². The maximum absolute atomic E-state index is 12.5. The Balaban J connectivity index is 1.67. The Bertz CT molecular complexity index is 607. The Labute approximate surface area is 125 Å². The molecule has 2 fully saturated rings. The lowest BCUT2D eigenvalue weighted by Gasteiger charge is -2.36. The van der Waals surface area contributed by atoms with Gasteiger partial charge in [0.15, 0.2) is 0 Å². The van der Waals surface area contributed by atoms with Gasteiger partial charge in [-0.05, 0) is 31.4 Å². The molecule has 0 saturated carbocycles. The highest BCUT2D eigenvalue weighted by atomic mass is 32.2. The lowest BCUT2D eigenvalue weighted by Crippen LogP contribution is -2.47. The first-order chi connectivity index (χ1) is 10.1. The Kier molecular flexibility index (Phi) is 3.99. The maximum atomic E-state index is 12.5. The quantitative estimate of drug-likeness (QED) is 0.849. The Morgan fingerprint density at radius 1 is 1.00 bits per heavy atom. The van der Waals surface area contributed by atoms with Gasteiger partial charge in [-0.15, -0.1) is 0 Å². The molecule has 0 aliphatic carbocycles. The van der Waals surface area contributed by atoms with Gasteiger partial charge in [0, 0.05) is 32.1 Å². The predicted molar refractivity (Wildman–Crippen MR) is 79.2 cm³/mol. The van der Waals surface area contributed by atoms with Crippen LogP contribution in [-0.2, 0) is 14.8 Å². The van der Waals surface area contributed by atoms with E-state index < -0.39 is 10.0 Å². The van der Waals surface area contributed by atoms with E-state index in [9.17, 15) is 13.2 Å². The van der Waals surface area contributed by atoms with Crippen molar-refractivity contribution in [3.8, 4) is 0 Å². The summed E-state index contributed by atoms with van der Waals surface area (Å²) < 4.78 is 26.6. The molecule has 0 unspecified atom stereocenters. The first kappa shape index (κ1) is 14.5. The highest BCUT2D eigenvalue weighted by Gasteiger charge is 2.34. The van der Waals surface area contributed by atoms with Gasteiger partial charge < -0.3 is 4.90 Å². The number of nitrogens with zero attached hydrogens (tertiary/aromatic N) is 2. The monoisotopic (exact) mass is 308 g/mol. The van der Waals surface area contributed by atoms with E-state index >= 15 is 0 Å². The SMILES string of the molecule is O=C1CCCN1C1CCN(S(=O)(=O)c2ccccc2)CC1. The number of carbonyl (C=O) groups is 1. The lowest BCUT2D eigenvalue weighted by atomic mass is 10.1. The standard InChI is InChI=1S/C15H20N2O3S/c18-15-7-4-10-17(15)13-8-11-16(12-9-13)21(19,20)14-5-2-1-3-6-14/h1-3,5-6,13H,4,7-12H2. The third-order valence-electron chi connectivity index (χ3n) is 4.36. The zero-order valence-electron chi connectivity index (χ0n) is 11.9. The fraction of sp³-hybridized carbons (Fsp3) is 0.533. The molecule has 0 N–H and O–H groups in total. The van der Waals surface area contributed by atoms with E-state index in [1.165, 1.54) is 0 Å². The van der Waals surface area contributed by atoms with Crippen LogP contribution in [0.25, 0.3) is 0 Å². The molecular formula is C15H20N2O3S. The smallest absolute Gasteiger partial charge is 0.243 e. The van der Waals surface area contributed by atoms with Gasteiger partial charge in [0.05, 0.1) is 4.90 Å². The molecule has 114 valence electrons. The summed E-state index contributed by atoms with van der Waals surface area (Å²) in [6, 6.07) is 8.76. The van der Waals surface area contributed by atoms with E-state index in [0.29, 0.717) is 24.4 Å². The Morgan fingerprint density at radius 3 is 2.24 bits per heavy atom. The molecule has 21 heavy (non-hydrogen) atoms. The van der Waals surface area contributed by atoms with Crippen molar-refractivity contribution in [1.29, 1.82) is 0 Å². The minimum absolute atomic E-state index is 0.210. The average molecular weight is 308 g/mol. The average Bonchev–Trinajstić information content (AvgIpc) is 2.94. The fourth-order valence-electron chi connectivity index (χ4n) is 3.19. The van der Waals surface area contributed by atoms with Crippen LogP contribution in [0.1, 0.15) is 25.7 Å². The van der Waals surface area contributed by atoms with Crippen LogP contribution in [0.4, 0.5) is 0 Å². The number of hydrogen-bond acceptors (Lipinski definition) is 3. The molecule has 0 aromatic heterocycles. The summed E-state index contributed by atoms with van der Waals surface area (Å²) in [5.41, 5.74) is 0. The predicted octanol–water partition coefficient (Wildman–Crippen LogP) is 1.46. The van der Waals surface area contributed by atoms with Crippen LogP contribution in [0.2, 0.25) is 0 Å². The van der Waals surface area contributed by atoms with Crippen LogP contribution in [0.5, 0.6) is 0 Å². The number of sulfonamides is 1. The van der Waals surface area contributed by atoms with E-state index in [4.69, 9.17) is 0 Å². The van der Waals surface area contributed by atoms with Crippen molar-refractivity contribution in [1.82, 2.24) is 9.21 Å². The van der Waals surface area contributed by atoms with Gasteiger partial charge in [-0.1, -0.05) is 18.2 Å². The van der Waals surface area contributed by atoms with Crippen LogP contribution >= 0.6 is 0 Å². The van der Waals surface area contributed by atoms with Gasteiger partial charge in [-0.3, -0.25) is 4.79 Å². The molecular weight excluding hydrogens is 288 g/mol. The number of benzene rings is 1. The Morgan fingerprint density at radius 2 is 1.67 bits per heavy atom. The third kappa shape index (κ3) is 2.82. The molecule has 5 nitrogen and oxygen atoms in total. The summed E-state index contributed by atoms with van der Waals surface area (Å²) in [7, 11) is -3.39. The summed E-state index contributed by atoms with van der Waals surface area (Å²) in [4.78, 5) is 14.1. The second-order valence-electron chi connectivity index (χ2n) is 5.64. The normalized spacial score (nSPS) is 21.9. The number of likely N-dealkylation sites (tertiary alicyclic amines) is 1. The van der Waals surface area contributed by atoms with Gasteiger partial charge in [-0.2, -0.15) is 4.31 Å². The topological polar surface area (TPSA) is 57.7 Å². The number of carbonyl (C=O) groups excluding carboxylic acids is 1. The second kappa shape index (κ2) is 5.77. The van der Waals surface area contributed by atoms with Crippen molar-refractivity contribution in [2.75, 3.05) is 19.6 Å². The van der Waals surface area contributed by atoms with Crippen molar-refractivity contribution in [2.45, 2.75) is 36.6 Å². The molecule has 1 amide bonds. The van der Waals surface area contributed by atoms with E-state index in [0.717, 1.165) is 25.8 Å². The third-order valence-corrected chi connectivity index (χ3v) is 6.27. The minimum atomic E-state index is -3.39. The van der Waals surface area contributed by atoms with Crippen molar-refractivity contribution in [3.63, 3.8) is 0 Å². The Hall–Kier alpha value is -1.40. The fourth-order valence-corrected chi connectivity index (χ4v) is 4.68. The molecule has 2 saturated heterocycles. The summed E-state index contributed by atoms with van der Waals surface area (Å²) in [6.07, 6.45) is 3.04. The summed E-state index contributed by atoms with van der Waals surface area (Å²) in [5.74, 6) is 0.222. The first-order valence-corrected chi connectivity index (χ1v) is 8.88. The molecule has 0 radical (unpaired) electrons. The van der Waals surface area contributed by atoms with Crippen LogP contribution in [0.3, 0.4) is 0 Å². The van der Waals surface area contributed by atoms with Crippen molar-refractivity contribution >= 4 is 15.9 Å². The van der Waals surface area contributed by atoms with Gasteiger partial charge >= 0.3 is 0 Å². The molecule has 1 aromatic carbocycles. The number of hydrogen-bond donors (Lipinski definition) is 0. The number of piperidine rings is 1. The molecule has 0 spiro atoms. The molecule has 3 rings (SSSR count). The van der Waals surface area contributed by atoms with Crippen LogP contribution in [0.15, 0.2) is 35.2 Å². The van der Waals surface area contributed by atoms with Gasteiger partial charge in [-0.25, -0.2) is 8.42 Å². The highest BCUT2D eigenvalue weighted by Crippen LogP contribution is 2.25. The minimum Gasteiger partial charge on any atom is -0.340 e. The van der Waals surface area contributed by atoms with E-state index in [1.54, 1.807) is 28.6 Å². The van der Waals surface area contributed by atoms with Gasteiger partial charge in [0.1, 0.15) is 0 Å². The largest absolute Gasteiger partial charge is 0.340 e. The molecule has 6 heteroatoms. The zero-order valence-corrected chi connectivity index (χ0v) is 12.8. The first-order valence-electron chi connectivity index (χ1n) is 7.44. The number of rotatable bonds is 3. The van der Waals surface area contributed by atoms with Gasteiger partial charge in [0.25, 0.3) is 0 Å². The summed E-state index contributed by atoms with van der Waals surface area (Å²) in [6.45, 7) is 1.81. The summed E-state index contributed by atoms with van der Waals surface area (Å²) in [5, 5.41) is 0.